The monoisotopic (exact) mass is 305 g/mol. The highest BCUT2D eigenvalue weighted by Gasteiger charge is 2.25. The fourth-order valence-electron chi connectivity index (χ4n) is 3.01. The summed E-state index contributed by atoms with van der Waals surface area (Å²) >= 11 is 0. The first-order valence-electron chi connectivity index (χ1n) is 8.01. The Morgan fingerprint density at radius 3 is 3.00 bits per heavy atom. The van der Waals surface area contributed by atoms with Crippen LogP contribution in [0.5, 0.6) is 0 Å². The van der Waals surface area contributed by atoms with E-state index in [1.807, 2.05) is 4.90 Å². The second-order valence-electron chi connectivity index (χ2n) is 5.90. The zero-order valence-corrected chi connectivity index (χ0v) is 13.0. The Bertz CT molecular complexity index is 527. The van der Waals surface area contributed by atoms with Gasteiger partial charge in [-0.25, -0.2) is 0 Å². The van der Waals surface area contributed by atoms with Crippen molar-refractivity contribution in [1.82, 2.24) is 9.80 Å². The van der Waals surface area contributed by atoms with Crippen LogP contribution < -0.4 is 0 Å². The maximum Gasteiger partial charge on any atom is 0.257 e. The Kier molecular flexibility index (Phi) is 4.77. The highest BCUT2D eigenvalue weighted by atomic mass is 16.6. The van der Waals surface area contributed by atoms with E-state index in [2.05, 4.69) is 17.0 Å². The number of amides is 1. The lowest BCUT2D eigenvalue weighted by Gasteiger charge is -2.23. The molecule has 1 aromatic heterocycles. The first-order valence-corrected chi connectivity index (χ1v) is 8.01. The molecule has 1 atom stereocenters. The van der Waals surface area contributed by atoms with Crippen molar-refractivity contribution in [3.8, 4) is 0 Å². The van der Waals surface area contributed by atoms with Crippen LogP contribution >= 0.6 is 0 Å². The van der Waals surface area contributed by atoms with Crippen LogP contribution in [0.1, 0.15) is 36.5 Å². The van der Waals surface area contributed by atoms with Crippen LogP contribution in [-0.2, 0) is 4.84 Å². The van der Waals surface area contributed by atoms with Gasteiger partial charge in [-0.05, 0) is 18.9 Å². The summed E-state index contributed by atoms with van der Waals surface area (Å²) in [5.74, 6) is 0.0596. The van der Waals surface area contributed by atoms with E-state index in [-0.39, 0.29) is 12.0 Å². The minimum atomic E-state index is 0.0596. The molecule has 0 spiro atoms. The first kappa shape index (κ1) is 15.1. The number of oxime groups is 1. The molecule has 1 fully saturated rings. The lowest BCUT2D eigenvalue weighted by atomic mass is 10.1. The molecule has 2 aliphatic heterocycles. The molecule has 3 heterocycles. The summed E-state index contributed by atoms with van der Waals surface area (Å²) in [6.07, 6.45) is 6.11. The minimum Gasteiger partial charge on any atom is -0.472 e. The Labute approximate surface area is 130 Å². The standard InChI is InChI=1S/C16H23N3O3/c1-2-14-10-15(22-17-14)11-18-5-3-6-19(8-7-18)16(20)13-4-9-21-12-13/h4,9,12,15H,2-3,5-8,10-11H2,1H3. The normalized spacial score (nSPS) is 23.0. The fraction of sp³-hybridized carbons (Fsp3) is 0.625. The molecular weight excluding hydrogens is 282 g/mol. The number of furan rings is 1. The van der Waals surface area contributed by atoms with Gasteiger partial charge in [-0.15, -0.1) is 0 Å². The molecule has 120 valence electrons. The summed E-state index contributed by atoms with van der Waals surface area (Å²) in [5, 5.41) is 4.12. The van der Waals surface area contributed by atoms with Crippen LogP contribution in [0.3, 0.4) is 0 Å². The molecule has 0 N–H and O–H groups in total. The van der Waals surface area contributed by atoms with Crippen LogP contribution in [0.2, 0.25) is 0 Å². The number of hydrogen-bond donors (Lipinski definition) is 0. The molecule has 1 unspecified atom stereocenters. The lowest BCUT2D eigenvalue weighted by Crippen LogP contribution is -2.37. The number of rotatable bonds is 4. The van der Waals surface area contributed by atoms with Crippen molar-refractivity contribution in [2.75, 3.05) is 32.7 Å². The van der Waals surface area contributed by atoms with Gasteiger partial charge in [0.25, 0.3) is 5.91 Å². The molecule has 22 heavy (non-hydrogen) atoms. The third-order valence-corrected chi connectivity index (χ3v) is 4.31. The molecule has 6 nitrogen and oxygen atoms in total. The molecular formula is C16H23N3O3. The summed E-state index contributed by atoms with van der Waals surface area (Å²) in [6, 6.07) is 1.72. The van der Waals surface area contributed by atoms with Gasteiger partial charge in [-0.2, -0.15) is 0 Å². The van der Waals surface area contributed by atoms with Crippen molar-refractivity contribution in [2.24, 2.45) is 5.16 Å². The molecule has 0 aliphatic carbocycles. The van der Waals surface area contributed by atoms with Gasteiger partial charge >= 0.3 is 0 Å². The Morgan fingerprint density at radius 2 is 2.27 bits per heavy atom. The summed E-state index contributed by atoms with van der Waals surface area (Å²) in [5.41, 5.74) is 1.78. The average Bonchev–Trinajstić information content (AvgIpc) is 3.16. The van der Waals surface area contributed by atoms with E-state index in [9.17, 15) is 4.79 Å². The molecule has 0 radical (unpaired) electrons. The number of carbonyl (C=O) groups excluding carboxylic acids is 1. The molecule has 0 aromatic carbocycles. The highest BCUT2D eigenvalue weighted by Crippen LogP contribution is 2.16. The Balaban J connectivity index is 1.49. The SMILES string of the molecule is CCC1=NOC(CN2CCCN(C(=O)c3ccoc3)CC2)C1. The summed E-state index contributed by atoms with van der Waals surface area (Å²) in [7, 11) is 0. The molecule has 2 aliphatic rings. The second-order valence-corrected chi connectivity index (χ2v) is 5.90. The molecule has 1 amide bonds. The van der Waals surface area contributed by atoms with E-state index in [1.165, 1.54) is 6.26 Å². The Morgan fingerprint density at radius 1 is 1.36 bits per heavy atom. The topological polar surface area (TPSA) is 58.3 Å². The molecule has 0 saturated carbocycles. The molecule has 3 rings (SSSR count). The molecule has 0 bridgehead atoms. The Hall–Kier alpha value is -1.82. The van der Waals surface area contributed by atoms with Crippen molar-refractivity contribution in [2.45, 2.75) is 32.3 Å². The maximum absolute atomic E-state index is 12.4. The van der Waals surface area contributed by atoms with Crippen LogP contribution in [0.25, 0.3) is 0 Å². The van der Waals surface area contributed by atoms with Gasteiger partial charge in [-0.1, -0.05) is 12.1 Å². The van der Waals surface area contributed by atoms with Crippen molar-refractivity contribution in [3.05, 3.63) is 24.2 Å². The van der Waals surface area contributed by atoms with Crippen molar-refractivity contribution in [1.29, 1.82) is 0 Å². The van der Waals surface area contributed by atoms with Gasteiger partial charge in [0.1, 0.15) is 12.4 Å². The van der Waals surface area contributed by atoms with Crippen molar-refractivity contribution in [3.63, 3.8) is 0 Å². The minimum absolute atomic E-state index is 0.0596. The number of nitrogens with zero attached hydrogens (tertiary/aromatic N) is 3. The summed E-state index contributed by atoms with van der Waals surface area (Å²) < 4.78 is 5.00. The van der Waals surface area contributed by atoms with E-state index in [0.717, 1.165) is 57.7 Å². The third-order valence-electron chi connectivity index (χ3n) is 4.31. The van der Waals surface area contributed by atoms with Gasteiger partial charge in [0.05, 0.1) is 17.5 Å². The summed E-state index contributed by atoms with van der Waals surface area (Å²) in [4.78, 5) is 22.1. The largest absolute Gasteiger partial charge is 0.472 e. The predicted octanol–water partition coefficient (Wildman–Crippen LogP) is 1.98. The van der Waals surface area contributed by atoms with Crippen LogP contribution in [0.4, 0.5) is 0 Å². The fourth-order valence-corrected chi connectivity index (χ4v) is 3.01. The first-order chi connectivity index (χ1) is 10.8. The summed E-state index contributed by atoms with van der Waals surface area (Å²) in [6.45, 7) is 6.42. The van der Waals surface area contributed by atoms with Crippen molar-refractivity contribution < 1.29 is 14.0 Å². The highest BCUT2D eigenvalue weighted by molar-refractivity contribution is 5.93. The van der Waals surface area contributed by atoms with Gasteiger partial charge in [0, 0.05) is 39.1 Å². The quantitative estimate of drug-likeness (QED) is 0.853. The van der Waals surface area contributed by atoms with E-state index in [1.54, 1.807) is 12.3 Å². The molecule has 6 heteroatoms. The van der Waals surface area contributed by atoms with E-state index in [4.69, 9.17) is 9.25 Å². The van der Waals surface area contributed by atoms with Crippen LogP contribution in [-0.4, -0.2) is 60.2 Å². The third kappa shape index (κ3) is 3.50. The number of carbonyl (C=O) groups is 1. The predicted molar refractivity (Wildman–Crippen MR) is 82.9 cm³/mol. The van der Waals surface area contributed by atoms with Crippen LogP contribution in [0, 0.1) is 0 Å². The van der Waals surface area contributed by atoms with Gasteiger partial charge in [-0.3, -0.25) is 9.69 Å². The van der Waals surface area contributed by atoms with Gasteiger partial charge < -0.3 is 14.2 Å². The van der Waals surface area contributed by atoms with E-state index < -0.39 is 0 Å². The maximum atomic E-state index is 12.4. The van der Waals surface area contributed by atoms with E-state index in [0.29, 0.717) is 5.56 Å². The van der Waals surface area contributed by atoms with Crippen LogP contribution in [0.15, 0.2) is 28.2 Å². The molecule has 1 aromatic rings. The van der Waals surface area contributed by atoms with E-state index >= 15 is 0 Å². The second kappa shape index (κ2) is 6.96. The molecule has 1 saturated heterocycles. The van der Waals surface area contributed by atoms with Crippen molar-refractivity contribution >= 4 is 11.6 Å². The zero-order valence-electron chi connectivity index (χ0n) is 13.0. The smallest absolute Gasteiger partial charge is 0.257 e. The average molecular weight is 305 g/mol. The zero-order chi connectivity index (χ0) is 15.4. The van der Waals surface area contributed by atoms with Gasteiger partial charge in [0.15, 0.2) is 0 Å². The number of hydrogen-bond acceptors (Lipinski definition) is 5. The van der Waals surface area contributed by atoms with Gasteiger partial charge in [0.2, 0.25) is 0 Å². The lowest BCUT2D eigenvalue weighted by molar-refractivity contribution is 0.0530.